The summed E-state index contributed by atoms with van der Waals surface area (Å²) in [6.07, 6.45) is 0. The Morgan fingerprint density at radius 3 is 2.69 bits per heavy atom. The third kappa shape index (κ3) is 3.94. The van der Waals surface area contributed by atoms with E-state index in [-0.39, 0.29) is 24.8 Å². The van der Waals surface area contributed by atoms with Crippen LogP contribution >= 0.6 is 11.3 Å². The Labute approximate surface area is 154 Å². The highest BCUT2D eigenvalue weighted by atomic mass is 32.1. The lowest BCUT2D eigenvalue weighted by atomic mass is 10.3. The minimum atomic E-state index is -0.349. The highest BCUT2D eigenvalue weighted by Crippen LogP contribution is 2.20. The van der Waals surface area contributed by atoms with Crippen LogP contribution in [0.2, 0.25) is 0 Å². The minimum absolute atomic E-state index is 0.217. The topological polar surface area (TPSA) is 90.2 Å². The molecule has 9 heteroatoms. The number of hydrogen-bond donors (Lipinski definition) is 2. The number of urea groups is 1. The van der Waals surface area contributed by atoms with E-state index in [1.807, 2.05) is 17.5 Å². The first-order chi connectivity index (χ1) is 12.6. The molecule has 0 saturated carbocycles. The fourth-order valence-electron chi connectivity index (χ4n) is 2.38. The third-order valence-electron chi connectivity index (χ3n) is 3.74. The van der Waals surface area contributed by atoms with E-state index in [2.05, 4.69) is 15.7 Å². The highest BCUT2D eigenvalue weighted by molar-refractivity contribution is 7.13. The van der Waals surface area contributed by atoms with E-state index in [4.69, 9.17) is 4.74 Å². The van der Waals surface area contributed by atoms with E-state index >= 15 is 0 Å². The molecule has 0 unspecified atom stereocenters. The minimum Gasteiger partial charge on any atom is -0.497 e. The maximum absolute atomic E-state index is 12.2. The van der Waals surface area contributed by atoms with Gasteiger partial charge in [0.25, 0.3) is 0 Å². The fourth-order valence-corrected chi connectivity index (χ4v) is 3.12. The molecule has 0 atom stereocenters. The van der Waals surface area contributed by atoms with Crippen molar-refractivity contribution < 1.29 is 9.53 Å². The number of amides is 2. The normalized spacial score (nSPS) is 10.5. The van der Waals surface area contributed by atoms with Crippen LogP contribution in [0.1, 0.15) is 0 Å². The van der Waals surface area contributed by atoms with Gasteiger partial charge in [0, 0.05) is 19.3 Å². The first-order valence-electron chi connectivity index (χ1n) is 7.95. The molecular formula is C17H19N5O3S. The number of rotatable bonds is 6. The van der Waals surface area contributed by atoms with Gasteiger partial charge in [-0.15, -0.1) is 16.4 Å². The maximum Gasteiger partial charge on any atom is 0.346 e. The van der Waals surface area contributed by atoms with Crippen molar-refractivity contribution in [1.29, 1.82) is 0 Å². The molecule has 0 saturated heterocycles. The second-order valence-electron chi connectivity index (χ2n) is 5.48. The Hall–Kier alpha value is -3.07. The van der Waals surface area contributed by atoms with Crippen molar-refractivity contribution in [3.63, 3.8) is 0 Å². The number of nitrogens with zero attached hydrogens (tertiary/aromatic N) is 3. The van der Waals surface area contributed by atoms with Crippen LogP contribution in [-0.4, -0.2) is 34.0 Å². The molecule has 26 heavy (non-hydrogen) atoms. The summed E-state index contributed by atoms with van der Waals surface area (Å²) >= 11 is 1.52. The number of hydrogen-bond acceptors (Lipinski definition) is 5. The summed E-state index contributed by atoms with van der Waals surface area (Å²) in [4.78, 5) is 25.1. The average molecular weight is 373 g/mol. The molecule has 1 aromatic carbocycles. The van der Waals surface area contributed by atoms with Crippen LogP contribution in [-0.2, 0) is 13.6 Å². The molecule has 0 aliphatic rings. The van der Waals surface area contributed by atoms with Crippen LogP contribution in [0.5, 0.6) is 5.75 Å². The highest BCUT2D eigenvalue weighted by Gasteiger charge is 2.12. The number of benzene rings is 1. The van der Waals surface area contributed by atoms with Gasteiger partial charge in [-0.2, -0.15) is 0 Å². The molecule has 0 aliphatic heterocycles. The van der Waals surface area contributed by atoms with Crippen LogP contribution < -0.4 is 21.1 Å². The van der Waals surface area contributed by atoms with E-state index < -0.39 is 0 Å². The second kappa shape index (κ2) is 7.87. The SMILES string of the molecule is COc1ccc(NC(=O)NCCn2nc(-c3cccs3)n(C)c2=O)cc1. The monoisotopic (exact) mass is 373 g/mol. The summed E-state index contributed by atoms with van der Waals surface area (Å²) in [5.74, 6) is 1.33. The molecular weight excluding hydrogens is 354 g/mol. The molecule has 0 spiro atoms. The van der Waals surface area contributed by atoms with Gasteiger partial charge in [0.2, 0.25) is 0 Å². The molecule has 2 N–H and O–H groups in total. The Balaban J connectivity index is 1.55. The zero-order chi connectivity index (χ0) is 18.5. The van der Waals surface area contributed by atoms with Gasteiger partial charge < -0.3 is 15.4 Å². The number of anilines is 1. The lowest BCUT2D eigenvalue weighted by Crippen LogP contribution is -2.34. The molecule has 0 fully saturated rings. The first kappa shape index (κ1) is 17.7. The van der Waals surface area contributed by atoms with Crippen molar-refractivity contribution in [3.05, 3.63) is 52.3 Å². The van der Waals surface area contributed by atoms with E-state index in [1.165, 1.54) is 20.6 Å². The van der Waals surface area contributed by atoms with Crippen molar-refractivity contribution in [2.45, 2.75) is 6.54 Å². The van der Waals surface area contributed by atoms with Gasteiger partial charge in [-0.05, 0) is 35.7 Å². The van der Waals surface area contributed by atoms with Crippen molar-refractivity contribution in [3.8, 4) is 16.5 Å². The molecule has 8 nitrogen and oxygen atoms in total. The largest absolute Gasteiger partial charge is 0.497 e. The number of methoxy groups -OCH3 is 1. The van der Waals surface area contributed by atoms with Crippen molar-refractivity contribution >= 4 is 23.1 Å². The Kier molecular flexibility index (Phi) is 5.37. The number of thiophene rings is 1. The quantitative estimate of drug-likeness (QED) is 0.693. The number of ether oxygens (including phenoxy) is 1. The molecule has 3 rings (SSSR count). The van der Waals surface area contributed by atoms with E-state index in [1.54, 1.807) is 38.4 Å². The summed E-state index contributed by atoms with van der Waals surface area (Å²) in [5, 5.41) is 11.7. The molecule has 3 aromatic rings. The fraction of sp³-hybridized carbons (Fsp3) is 0.235. The number of nitrogens with one attached hydrogen (secondary N) is 2. The van der Waals surface area contributed by atoms with Gasteiger partial charge in [0.15, 0.2) is 5.82 Å². The number of carbonyl (C=O) groups excluding carboxylic acids is 1. The smallest absolute Gasteiger partial charge is 0.346 e. The van der Waals surface area contributed by atoms with Gasteiger partial charge in [-0.25, -0.2) is 14.3 Å². The van der Waals surface area contributed by atoms with Crippen LogP contribution in [0.3, 0.4) is 0 Å². The number of aromatic nitrogens is 3. The van der Waals surface area contributed by atoms with Gasteiger partial charge >= 0.3 is 11.7 Å². The molecule has 0 radical (unpaired) electrons. The molecule has 2 amide bonds. The second-order valence-corrected chi connectivity index (χ2v) is 6.42. The van der Waals surface area contributed by atoms with Crippen molar-refractivity contribution in [2.75, 3.05) is 19.0 Å². The molecule has 2 heterocycles. The summed E-state index contributed by atoms with van der Waals surface area (Å²) in [6, 6.07) is 10.5. The molecule has 0 bridgehead atoms. The first-order valence-corrected chi connectivity index (χ1v) is 8.83. The van der Waals surface area contributed by atoms with Gasteiger partial charge in [0.05, 0.1) is 18.5 Å². The standard InChI is InChI=1S/C17H19N5O3S/c1-21-15(14-4-3-11-26-14)20-22(17(21)24)10-9-18-16(23)19-12-5-7-13(25-2)8-6-12/h3-8,11H,9-10H2,1-2H3,(H2,18,19,23). The third-order valence-corrected chi connectivity index (χ3v) is 4.61. The van der Waals surface area contributed by atoms with E-state index in [9.17, 15) is 9.59 Å². The molecule has 0 aliphatic carbocycles. The Morgan fingerprint density at radius 2 is 2.04 bits per heavy atom. The maximum atomic E-state index is 12.2. The summed E-state index contributed by atoms with van der Waals surface area (Å²) in [5.41, 5.74) is 0.434. The van der Waals surface area contributed by atoms with Crippen molar-refractivity contribution in [2.24, 2.45) is 7.05 Å². The predicted octanol–water partition coefficient (Wildman–Crippen LogP) is 2.14. The van der Waals surface area contributed by atoms with Gasteiger partial charge in [-0.3, -0.25) is 4.57 Å². The summed E-state index contributed by atoms with van der Waals surface area (Å²) in [6.45, 7) is 0.566. The summed E-state index contributed by atoms with van der Waals surface area (Å²) in [7, 11) is 3.27. The van der Waals surface area contributed by atoms with Crippen LogP contribution in [0, 0.1) is 0 Å². The molecule has 2 aromatic heterocycles. The van der Waals surface area contributed by atoms with E-state index in [0.717, 1.165) is 4.88 Å². The zero-order valence-corrected chi connectivity index (χ0v) is 15.2. The molecule has 136 valence electrons. The Morgan fingerprint density at radius 1 is 1.27 bits per heavy atom. The van der Waals surface area contributed by atoms with Crippen molar-refractivity contribution in [1.82, 2.24) is 19.7 Å². The van der Waals surface area contributed by atoms with Crippen LogP contribution in [0.15, 0.2) is 46.6 Å². The lowest BCUT2D eigenvalue weighted by molar-refractivity contribution is 0.251. The van der Waals surface area contributed by atoms with Gasteiger partial charge in [-0.1, -0.05) is 6.07 Å². The predicted molar refractivity (Wildman–Crippen MR) is 101 cm³/mol. The summed E-state index contributed by atoms with van der Waals surface area (Å²) < 4.78 is 7.92. The lowest BCUT2D eigenvalue weighted by Gasteiger charge is -2.08. The van der Waals surface area contributed by atoms with Crippen LogP contribution in [0.4, 0.5) is 10.5 Å². The average Bonchev–Trinajstić information content (AvgIpc) is 3.26. The van der Waals surface area contributed by atoms with Gasteiger partial charge in [0.1, 0.15) is 5.75 Å². The zero-order valence-electron chi connectivity index (χ0n) is 14.4. The number of carbonyl (C=O) groups is 1. The van der Waals surface area contributed by atoms with Crippen LogP contribution in [0.25, 0.3) is 10.7 Å². The van der Waals surface area contributed by atoms with E-state index in [0.29, 0.717) is 17.3 Å². The Bertz CT molecular complexity index is 928.